The Morgan fingerprint density at radius 3 is 2.57 bits per heavy atom. The van der Waals surface area contributed by atoms with Crippen molar-refractivity contribution in [3.8, 4) is 5.75 Å². The van der Waals surface area contributed by atoms with Gasteiger partial charge in [-0.3, -0.25) is 0 Å². The summed E-state index contributed by atoms with van der Waals surface area (Å²) in [4.78, 5) is 8.67. The summed E-state index contributed by atoms with van der Waals surface area (Å²) in [5, 5.41) is 6.22. The van der Waals surface area contributed by atoms with Gasteiger partial charge in [0.15, 0.2) is 5.82 Å². The quantitative estimate of drug-likeness (QED) is 0.726. The van der Waals surface area contributed by atoms with Crippen LogP contribution in [-0.4, -0.2) is 37.3 Å². The van der Waals surface area contributed by atoms with Crippen molar-refractivity contribution in [2.24, 2.45) is 0 Å². The lowest BCUT2D eigenvalue weighted by Crippen LogP contribution is -2.14. The van der Waals surface area contributed by atoms with Crippen LogP contribution in [-0.2, 0) is 11.3 Å². The third kappa shape index (κ3) is 4.92. The maximum atomic E-state index is 5.62. The SMILES string of the molecule is CNc1cc(NCCOc2ccccc2)nc(COC)n1. The monoisotopic (exact) mass is 288 g/mol. The van der Waals surface area contributed by atoms with E-state index in [0.29, 0.717) is 25.6 Å². The van der Waals surface area contributed by atoms with Crippen LogP contribution in [0.1, 0.15) is 5.82 Å². The molecule has 2 aromatic rings. The average Bonchev–Trinajstić information content (AvgIpc) is 2.53. The molecule has 1 aromatic carbocycles. The lowest BCUT2D eigenvalue weighted by molar-refractivity contribution is 0.178. The predicted molar refractivity (Wildman–Crippen MR) is 82.7 cm³/mol. The van der Waals surface area contributed by atoms with Crippen molar-refractivity contribution in [3.05, 3.63) is 42.2 Å². The highest BCUT2D eigenvalue weighted by Gasteiger charge is 2.03. The highest BCUT2D eigenvalue weighted by Crippen LogP contribution is 2.12. The molecular weight excluding hydrogens is 268 g/mol. The molecule has 2 rings (SSSR count). The van der Waals surface area contributed by atoms with Crippen LogP contribution in [0.5, 0.6) is 5.75 Å². The lowest BCUT2D eigenvalue weighted by Gasteiger charge is -2.10. The van der Waals surface area contributed by atoms with Gasteiger partial charge in [0, 0.05) is 20.2 Å². The molecule has 0 aliphatic carbocycles. The van der Waals surface area contributed by atoms with E-state index in [2.05, 4.69) is 20.6 Å². The minimum atomic E-state index is 0.380. The average molecular weight is 288 g/mol. The lowest BCUT2D eigenvalue weighted by atomic mass is 10.3. The number of ether oxygens (including phenoxy) is 2. The van der Waals surface area contributed by atoms with Crippen LogP contribution < -0.4 is 15.4 Å². The number of benzene rings is 1. The van der Waals surface area contributed by atoms with E-state index in [4.69, 9.17) is 9.47 Å². The van der Waals surface area contributed by atoms with Gasteiger partial charge < -0.3 is 20.1 Å². The van der Waals surface area contributed by atoms with Gasteiger partial charge in [0.05, 0.1) is 6.54 Å². The van der Waals surface area contributed by atoms with Crippen molar-refractivity contribution in [2.75, 3.05) is 37.9 Å². The standard InChI is InChI=1S/C15H20N4O2/c1-16-13-10-14(19-15(18-13)11-20-2)17-8-9-21-12-6-4-3-5-7-12/h3-7,10H,8-9,11H2,1-2H3,(H2,16,17,18,19). The Bertz CT molecular complexity index is 549. The molecule has 21 heavy (non-hydrogen) atoms. The molecule has 0 fully saturated rings. The minimum Gasteiger partial charge on any atom is -0.492 e. The molecule has 0 aliphatic rings. The molecule has 0 saturated carbocycles. The molecule has 2 N–H and O–H groups in total. The summed E-state index contributed by atoms with van der Waals surface area (Å²) in [6, 6.07) is 11.6. The summed E-state index contributed by atoms with van der Waals surface area (Å²) in [5.41, 5.74) is 0. The summed E-state index contributed by atoms with van der Waals surface area (Å²) in [7, 11) is 3.44. The highest BCUT2D eigenvalue weighted by atomic mass is 16.5. The summed E-state index contributed by atoms with van der Waals surface area (Å²) < 4.78 is 10.7. The first kappa shape index (κ1) is 15.1. The Hall–Kier alpha value is -2.34. The number of nitrogens with zero attached hydrogens (tertiary/aromatic N) is 2. The van der Waals surface area contributed by atoms with Crippen molar-refractivity contribution in [2.45, 2.75) is 6.61 Å². The van der Waals surface area contributed by atoms with E-state index >= 15 is 0 Å². The van der Waals surface area contributed by atoms with Gasteiger partial charge in [-0.05, 0) is 12.1 Å². The van der Waals surface area contributed by atoms with Crippen LogP contribution in [0, 0.1) is 0 Å². The van der Waals surface area contributed by atoms with Gasteiger partial charge in [0.2, 0.25) is 0 Å². The molecule has 1 heterocycles. The molecule has 112 valence electrons. The normalized spacial score (nSPS) is 10.2. The summed E-state index contributed by atoms with van der Waals surface area (Å²) in [5.74, 6) is 3.00. The fraction of sp³-hybridized carbons (Fsp3) is 0.333. The first-order chi connectivity index (χ1) is 10.3. The molecule has 0 atom stereocenters. The largest absolute Gasteiger partial charge is 0.492 e. The summed E-state index contributed by atoms with van der Waals surface area (Å²) in [6.07, 6.45) is 0. The van der Waals surface area contributed by atoms with Crippen molar-refractivity contribution >= 4 is 11.6 Å². The van der Waals surface area contributed by atoms with Crippen molar-refractivity contribution < 1.29 is 9.47 Å². The highest BCUT2D eigenvalue weighted by molar-refractivity contribution is 5.47. The van der Waals surface area contributed by atoms with Crippen molar-refractivity contribution in [3.63, 3.8) is 0 Å². The molecule has 0 bridgehead atoms. The van der Waals surface area contributed by atoms with E-state index in [9.17, 15) is 0 Å². The molecule has 0 aliphatic heterocycles. The number of hydrogen-bond donors (Lipinski definition) is 2. The Kier molecular flexibility index (Phi) is 5.78. The number of aromatic nitrogens is 2. The summed E-state index contributed by atoms with van der Waals surface area (Å²) >= 11 is 0. The molecular formula is C15H20N4O2. The molecule has 6 heteroatoms. The molecule has 6 nitrogen and oxygen atoms in total. The van der Waals surface area contributed by atoms with E-state index in [0.717, 1.165) is 17.4 Å². The van der Waals surface area contributed by atoms with Crippen LogP contribution in [0.15, 0.2) is 36.4 Å². The molecule has 1 aromatic heterocycles. The van der Waals surface area contributed by atoms with Gasteiger partial charge in [0.25, 0.3) is 0 Å². The first-order valence-corrected chi connectivity index (χ1v) is 6.78. The first-order valence-electron chi connectivity index (χ1n) is 6.78. The molecule has 0 amide bonds. The zero-order chi connectivity index (χ0) is 14.9. The molecule has 0 unspecified atom stereocenters. The third-order valence-electron chi connectivity index (χ3n) is 2.72. The van der Waals surface area contributed by atoms with E-state index in [1.807, 2.05) is 43.4 Å². The smallest absolute Gasteiger partial charge is 0.158 e. The van der Waals surface area contributed by atoms with Crippen LogP contribution in [0.4, 0.5) is 11.6 Å². The maximum absolute atomic E-state index is 5.62. The molecule has 0 saturated heterocycles. The Morgan fingerprint density at radius 1 is 1.10 bits per heavy atom. The summed E-state index contributed by atoms with van der Waals surface area (Å²) in [6.45, 7) is 1.59. The Morgan fingerprint density at radius 2 is 1.86 bits per heavy atom. The van der Waals surface area contributed by atoms with E-state index in [-0.39, 0.29) is 0 Å². The van der Waals surface area contributed by atoms with E-state index < -0.39 is 0 Å². The predicted octanol–water partition coefficient (Wildman–Crippen LogP) is 2.16. The fourth-order valence-electron chi connectivity index (χ4n) is 1.77. The number of nitrogens with one attached hydrogen (secondary N) is 2. The van der Waals surface area contributed by atoms with E-state index in [1.165, 1.54) is 0 Å². The number of methoxy groups -OCH3 is 1. The maximum Gasteiger partial charge on any atom is 0.158 e. The number of anilines is 2. The number of hydrogen-bond acceptors (Lipinski definition) is 6. The van der Waals surface area contributed by atoms with Gasteiger partial charge in [-0.2, -0.15) is 0 Å². The second-order valence-corrected chi connectivity index (χ2v) is 4.33. The van der Waals surface area contributed by atoms with Crippen LogP contribution >= 0.6 is 0 Å². The third-order valence-corrected chi connectivity index (χ3v) is 2.72. The second-order valence-electron chi connectivity index (χ2n) is 4.33. The van der Waals surface area contributed by atoms with Crippen molar-refractivity contribution in [1.29, 1.82) is 0 Å². The van der Waals surface area contributed by atoms with Gasteiger partial charge in [-0.25, -0.2) is 9.97 Å². The van der Waals surface area contributed by atoms with Crippen molar-refractivity contribution in [1.82, 2.24) is 9.97 Å². The van der Waals surface area contributed by atoms with Gasteiger partial charge >= 0.3 is 0 Å². The second kappa shape index (κ2) is 8.06. The van der Waals surface area contributed by atoms with Crippen LogP contribution in [0.3, 0.4) is 0 Å². The zero-order valence-corrected chi connectivity index (χ0v) is 12.3. The van der Waals surface area contributed by atoms with Gasteiger partial charge in [-0.1, -0.05) is 18.2 Å². The Labute approximate surface area is 124 Å². The number of rotatable bonds is 8. The molecule has 0 spiro atoms. The topological polar surface area (TPSA) is 68.3 Å². The minimum absolute atomic E-state index is 0.380. The van der Waals surface area contributed by atoms with Gasteiger partial charge in [0.1, 0.15) is 30.6 Å². The molecule has 0 radical (unpaired) electrons. The van der Waals surface area contributed by atoms with Gasteiger partial charge in [-0.15, -0.1) is 0 Å². The fourth-order valence-corrected chi connectivity index (χ4v) is 1.77. The van der Waals surface area contributed by atoms with Crippen LogP contribution in [0.25, 0.3) is 0 Å². The number of para-hydroxylation sites is 1. The Balaban J connectivity index is 1.86. The van der Waals surface area contributed by atoms with E-state index in [1.54, 1.807) is 7.11 Å². The van der Waals surface area contributed by atoms with Crippen LogP contribution in [0.2, 0.25) is 0 Å². The zero-order valence-electron chi connectivity index (χ0n) is 12.3.